The van der Waals surface area contributed by atoms with Gasteiger partial charge in [-0.1, -0.05) is 31.0 Å². The fraction of sp³-hybridized carbons (Fsp3) is 0.615. The fourth-order valence-corrected chi connectivity index (χ4v) is 3.50. The van der Waals surface area contributed by atoms with Crippen molar-refractivity contribution in [1.29, 1.82) is 5.26 Å². The summed E-state index contributed by atoms with van der Waals surface area (Å²) in [6, 6.07) is 4.14. The van der Waals surface area contributed by atoms with Gasteiger partial charge in [-0.05, 0) is 25.7 Å². The highest BCUT2D eigenvalue weighted by Gasteiger charge is 2.25. The molecule has 1 aromatic rings. The molecule has 0 amide bonds. The molecule has 96 valence electrons. The van der Waals surface area contributed by atoms with E-state index in [0.29, 0.717) is 16.9 Å². The number of aromatic nitrogens is 2. The summed E-state index contributed by atoms with van der Waals surface area (Å²) < 4.78 is 0. The Hall–Kier alpha value is -1.28. The molecule has 1 aliphatic rings. The molecule has 0 unspecified atom stereocenters. The number of thioether (sulfide) groups is 1. The van der Waals surface area contributed by atoms with Gasteiger partial charge in [-0.3, -0.25) is 0 Å². The molecule has 5 heteroatoms. The van der Waals surface area contributed by atoms with Gasteiger partial charge in [-0.15, -0.1) is 0 Å². The average molecular weight is 262 g/mol. The minimum atomic E-state index is -0.0495. The van der Waals surface area contributed by atoms with Crippen LogP contribution in [0.5, 0.6) is 0 Å². The van der Waals surface area contributed by atoms with E-state index < -0.39 is 0 Å². The van der Waals surface area contributed by atoms with Gasteiger partial charge >= 0.3 is 0 Å². The number of aryl methyl sites for hydroxylation is 1. The standard InChI is InChI=1S/C13H18N4S/c1-9-7-12(15)17-13(16-9)18-11(8-14)10-5-3-2-4-6-10/h7,10-11H,2-6H2,1H3,(H2,15,16,17)/t11-/m0/s1. The van der Waals surface area contributed by atoms with Gasteiger partial charge in [-0.2, -0.15) is 5.26 Å². The Morgan fingerprint density at radius 2 is 2.11 bits per heavy atom. The summed E-state index contributed by atoms with van der Waals surface area (Å²) >= 11 is 1.46. The van der Waals surface area contributed by atoms with Crippen LogP contribution in [0.15, 0.2) is 11.2 Å². The van der Waals surface area contributed by atoms with E-state index in [4.69, 9.17) is 5.73 Å². The SMILES string of the molecule is Cc1cc(N)nc(S[C@@H](C#N)C2CCCCC2)n1. The largest absolute Gasteiger partial charge is 0.384 e. The van der Waals surface area contributed by atoms with E-state index in [1.54, 1.807) is 6.07 Å². The molecule has 1 aliphatic carbocycles. The third kappa shape index (κ3) is 3.36. The first kappa shape index (κ1) is 13.2. The maximum atomic E-state index is 9.32. The molecule has 18 heavy (non-hydrogen) atoms. The monoisotopic (exact) mass is 262 g/mol. The molecule has 0 aliphatic heterocycles. The number of anilines is 1. The van der Waals surface area contributed by atoms with Crippen LogP contribution < -0.4 is 5.73 Å². The van der Waals surface area contributed by atoms with Crippen molar-refractivity contribution < 1.29 is 0 Å². The highest BCUT2D eigenvalue weighted by molar-refractivity contribution is 8.00. The summed E-state index contributed by atoms with van der Waals surface area (Å²) in [5, 5.41) is 9.90. The first-order valence-corrected chi connectivity index (χ1v) is 7.24. The highest BCUT2D eigenvalue weighted by atomic mass is 32.2. The molecule has 1 fully saturated rings. The molecule has 2 rings (SSSR count). The van der Waals surface area contributed by atoms with Gasteiger partial charge in [0.2, 0.25) is 0 Å². The van der Waals surface area contributed by atoms with Crippen LogP contribution in [-0.2, 0) is 0 Å². The van der Waals surface area contributed by atoms with Crippen LogP contribution in [0.4, 0.5) is 5.82 Å². The first-order valence-electron chi connectivity index (χ1n) is 6.36. The lowest BCUT2D eigenvalue weighted by molar-refractivity contribution is 0.370. The van der Waals surface area contributed by atoms with Crippen molar-refractivity contribution in [3.8, 4) is 6.07 Å². The molecule has 1 heterocycles. The maximum Gasteiger partial charge on any atom is 0.191 e. The number of nitrogens with zero attached hydrogens (tertiary/aromatic N) is 3. The van der Waals surface area contributed by atoms with E-state index in [2.05, 4.69) is 16.0 Å². The zero-order valence-electron chi connectivity index (χ0n) is 10.6. The third-order valence-corrected chi connectivity index (χ3v) is 4.43. The van der Waals surface area contributed by atoms with Gasteiger partial charge in [0.05, 0.1) is 6.07 Å². The number of nitrogen functional groups attached to an aromatic ring is 1. The van der Waals surface area contributed by atoms with Gasteiger partial charge in [-0.25, -0.2) is 9.97 Å². The minimum Gasteiger partial charge on any atom is -0.384 e. The van der Waals surface area contributed by atoms with Gasteiger partial charge in [0, 0.05) is 11.8 Å². The van der Waals surface area contributed by atoms with Crippen molar-refractivity contribution >= 4 is 17.6 Å². The Labute approximate surface area is 112 Å². The molecule has 1 atom stereocenters. The lowest BCUT2D eigenvalue weighted by Crippen LogP contribution is -2.19. The van der Waals surface area contributed by atoms with Crippen molar-refractivity contribution in [2.75, 3.05) is 5.73 Å². The number of rotatable bonds is 3. The second-order valence-corrected chi connectivity index (χ2v) is 5.89. The molecule has 0 radical (unpaired) electrons. The van der Waals surface area contributed by atoms with Gasteiger partial charge < -0.3 is 5.73 Å². The van der Waals surface area contributed by atoms with E-state index in [1.165, 1.54) is 31.0 Å². The van der Waals surface area contributed by atoms with Crippen LogP contribution >= 0.6 is 11.8 Å². The van der Waals surface area contributed by atoms with E-state index >= 15 is 0 Å². The third-order valence-electron chi connectivity index (χ3n) is 3.29. The molecule has 1 aromatic heterocycles. The smallest absolute Gasteiger partial charge is 0.191 e. The van der Waals surface area contributed by atoms with E-state index in [-0.39, 0.29) is 5.25 Å². The average Bonchev–Trinajstić information content (AvgIpc) is 2.36. The van der Waals surface area contributed by atoms with Crippen LogP contribution in [0.3, 0.4) is 0 Å². The number of nitrogens with two attached hydrogens (primary N) is 1. The lowest BCUT2D eigenvalue weighted by Gasteiger charge is -2.24. The Morgan fingerprint density at radius 1 is 1.39 bits per heavy atom. The number of hydrogen-bond acceptors (Lipinski definition) is 5. The van der Waals surface area contributed by atoms with Crippen LogP contribution in [0.2, 0.25) is 0 Å². The summed E-state index contributed by atoms with van der Waals surface area (Å²) in [6.45, 7) is 1.89. The summed E-state index contributed by atoms with van der Waals surface area (Å²) in [4.78, 5) is 8.53. The lowest BCUT2D eigenvalue weighted by atomic mass is 9.87. The molecule has 0 aromatic carbocycles. The van der Waals surface area contributed by atoms with Crippen LogP contribution in [-0.4, -0.2) is 15.2 Å². The fourth-order valence-electron chi connectivity index (χ4n) is 2.40. The molecule has 4 nitrogen and oxygen atoms in total. The van der Waals surface area contributed by atoms with Crippen LogP contribution in [0.25, 0.3) is 0 Å². The van der Waals surface area contributed by atoms with Crippen molar-refractivity contribution in [1.82, 2.24) is 9.97 Å². The van der Waals surface area contributed by atoms with E-state index in [0.717, 1.165) is 18.5 Å². The Kier molecular flexibility index (Phi) is 4.43. The minimum absolute atomic E-state index is 0.0495. The summed E-state index contributed by atoms with van der Waals surface area (Å²) in [5.41, 5.74) is 6.56. The molecule has 1 saturated carbocycles. The molecule has 2 N–H and O–H groups in total. The van der Waals surface area contributed by atoms with Gasteiger partial charge in [0.1, 0.15) is 11.1 Å². The van der Waals surface area contributed by atoms with Crippen molar-refractivity contribution in [3.63, 3.8) is 0 Å². The maximum absolute atomic E-state index is 9.32. The first-order chi connectivity index (χ1) is 8.69. The second kappa shape index (κ2) is 6.05. The topological polar surface area (TPSA) is 75.6 Å². The summed E-state index contributed by atoms with van der Waals surface area (Å²) in [5.74, 6) is 0.949. The molecule has 0 spiro atoms. The van der Waals surface area contributed by atoms with E-state index in [9.17, 15) is 5.26 Å². The van der Waals surface area contributed by atoms with Crippen molar-refractivity contribution in [2.24, 2.45) is 5.92 Å². The highest BCUT2D eigenvalue weighted by Crippen LogP contribution is 2.34. The molecule has 0 bridgehead atoms. The quantitative estimate of drug-likeness (QED) is 0.669. The zero-order valence-corrected chi connectivity index (χ0v) is 11.4. The zero-order chi connectivity index (χ0) is 13.0. The van der Waals surface area contributed by atoms with Gasteiger partial charge in [0.15, 0.2) is 5.16 Å². The predicted octanol–water partition coefficient (Wildman–Crippen LogP) is 2.93. The van der Waals surface area contributed by atoms with Crippen molar-refractivity contribution in [3.05, 3.63) is 11.8 Å². The normalized spacial score (nSPS) is 18.2. The summed E-state index contributed by atoms with van der Waals surface area (Å²) in [6.07, 6.45) is 6.06. The van der Waals surface area contributed by atoms with Gasteiger partial charge in [0.25, 0.3) is 0 Å². The van der Waals surface area contributed by atoms with E-state index in [1.807, 2.05) is 6.92 Å². The summed E-state index contributed by atoms with van der Waals surface area (Å²) in [7, 11) is 0. The Balaban J connectivity index is 2.07. The molecular formula is C13H18N4S. The number of nitriles is 1. The second-order valence-electron chi connectivity index (χ2n) is 4.78. The Bertz CT molecular complexity index is 429. The van der Waals surface area contributed by atoms with Crippen molar-refractivity contribution in [2.45, 2.75) is 49.4 Å². The van der Waals surface area contributed by atoms with Crippen LogP contribution in [0.1, 0.15) is 37.8 Å². The number of hydrogen-bond donors (Lipinski definition) is 1. The predicted molar refractivity (Wildman–Crippen MR) is 73.0 cm³/mol. The Morgan fingerprint density at radius 3 is 2.72 bits per heavy atom. The van der Waals surface area contributed by atoms with Crippen LogP contribution in [0, 0.1) is 24.2 Å². The molecule has 0 saturated heterocycles. The molecular weight excluding hydrogens is 244 g/mol.